The van der Waals surface area contributed by atoms with Crippen molar-refractivity contribution in [3.8, 4) is 28.1 Å². The number of nitrogens with one attached hydrogen (secondary N) is 2. The van der Waals surface area contributed by atoms with Crippen LogP contribution < -0.4 is 4.74 Å². The third-order valence-corrected chi connectivity index (χ3v) is 10.7. The zero-order valence-corrected chi connectivity index (χ0v) is 32.0. The van der Waals surface area contributed by atoms with Crippen molar-refractivity contribution in [2.75, 3.05) is 0 Å². The van der Waals surface area contributed by atoms with Crippen LogP contribution in [0.25, 0.3) is 88.5 Å². The molecule has 7 nitrogen and oxygen atoms in total. The van der Waals surface area contributed by atoms with E-state index in [0.717, 1.165) is 0 Å². The Morgan fingerprint density at radius 1 is 0.343 bits per heavy atom. The smallest absolute Gasteiger partial charge is 0.232 e. The molecule has 26 heteroatoms. The van der Waals surface area contributed by atoms with E-state index in [4.69, 9.17) is 25.8 Å². The molecule has 1 aliphatic heterocycles. The summed E-state index contributed by atoms with van der Waals surface area (Å²) in [4.78, 5) is 12.2. The number of aromatic nitrogens is 4. The molecule has 2 N–H and O–H groups in total. The molecule has 1 aliphatic rings. The van der Waals surface area contributed by atoms with Crippen molar-refractivity contribution in [2.24, 2.45) is 0 Å². The molecule has 0 spiro atoms. The van der Waals surface area contributed by atoms with E-state index in [1.807, 2.05) is 0 Å². The highest BCUT2D eigenvalue weighted by molar-refractivity contribution is 7.80. The topological polar surface area (TPSA) is 92.9 Å². The van der Waals surface area contributed by atoms with E-state index in [1.165, 1.54) is 0 Å². The Balaban J connectivity index is 1.56. The van der Waals surface area contributed by atoms with E-state index in [0.29, 0.717) is 24.3 Å². The first-order valence-corrected chi connectivity index (χ1v) is 18.2. The first kappa shape index (κ1) is 43.1. The maximum atomic E-state index is 15.8. The summed E-state index contributed by atoms with van der Waals surface area (Å²) in [5.41, 5.74) is -17.2. The fourth-order valence-electron chi connectivity index (χ4n) is 7.45. The molecule has 0 saturated carbocycles. The number of rotatable bonds is 2. The Hall–Kier alpha value is -7.77. The highest BCUT2D eigenvalue weighted by atomic mass is 32.1. The second-order valence-electron chi connectivity index (χ2n) is 14.0. The average Bonchev–Trinajstić information content (AvgIpc) is 4.17. The van der Waals surface area contributed by atoms with E-state index in [1.54, 1.807) is 0 Å². The van der Waals surface area contributed by atoms with Crippen LogP contribution in [0.4, 0.5) is 79.0 Å². The summed E-state index contributed by atoms with van der Waals surface area (Å²) in [7, 11) is 0. The van der Waals surface area contributed by atoms with Gasteiger partial charge in [-0.15, -0.1) is 0 Å². The van der Waals surface area contributed by atoms with Crippen LogP contribution in [0.15, 0.2) is 33.1 Å². The molecule has 340 valence electrons. The maximum absolute atomic E-state index is 15.8. The number of furan rings is 2. The molecule has 0 amide bonds. The van der Waals surface area contributed by atoms with Gasteiger partial charge in [-0.1, -0.05) is 0 Å². The third-order valence-electron chi connectivity index (χ3n) is 10.4. The Kier molecular flexibility index (Phi) is 9.41. The van der Waals surface area contributed by atoms with Crippen molar-refractivity contribution in [3.05, 3.63) is 135 Å². The van der Waals surface area contributed by atoms with Crippen molar-refractivity contribution in [3.63, 3.8) is 0 Å². The molecule has 0 atom stereocenters. The fraction of sp³-hybridized carbons (Fsp3) is 0. The lowest BCUT2D eigenvalue weighted by Gasteiger charge is -2.10. The second-order valence-corrected chi connectivity index (χ2v) is 14.3. The molecule has 6 heterocycles. The Labute approximate surface area is 358 Å². The van der Waals surface area contributed by atoms with Crippen LogP contribution in [0.3, 0.4) is 0 Å². The van der Waals surface area contributed by atoms with Crippen LogP contribution in [0, 0.1) is 105 Å². The van der Waals surface area contributed by atoms with Crippen molar-refractivity contribution in [1.82, 2.24) is 19.9 Å². The standard InChI is InChI=1S/C41H6F18N4O3S/c42-17-13(18(43)24(49)29(54)23(17)48)9-5-1-2-7(60-5)11-15-21(46)27(52)31(56)33(58)36(15)64-39(11)63-40-12(16-22(47)28(53)32(57)34(59)37(16)65-40)8-4-3-6(61-8)10(38-62-35(9)41(67)66-38)14-19(44)25(50)30(55)26(51)20(14)45/h1-4,60-61H. The summed E-state index contributed by atoms with van der Waals surface area (Å²) < 4.78 is 289. The van der Waals surface area contributed by atoms with Crippen molar-refractivity contribution < 1.29 is 92.6 Å². The van der Waals surface area contributed by atoms with Gasteiger partial charge in [-0.2, -0.15) is 13.8 Å². The van der Waals surface area contributed by atoms with Gasteiger partial charge in [0.1, 0.15) is 5.69 Å². The van der Waals surface area contributed by atoms with E-state index >= 15 is 35.1 Å². The van der Waals surface area contributed by atoms with Gasteiger partial charge in [-0.05, 0) is 36.5 Å². The molecule has 6 bridgehead atoms. The van der Waals surface area contributed by atoms with Crippen molar-refractivity contribution >= 4 is 83.5 Å². The van der Waals surface area contributed by atoms with Crippen LogP contribution >= 0.6 is 12.2 Å². The van der Waals surface area contributed by atoms with Gasteiger partial charge in [0, 0.05) is 11.1 Å². The number of hydrogen-bond donors (Lipinski definition) is 2. The number of aromatic amines is 2. The largest absolute Gasteiger partial charge is 0.434 e. The molecule has 67 heavy (non-hydrogen) atoms. The molecule has 5 aromatic heterocycles. The number of nitrogens with zero attached hydrogens (tertiary/aromatic N) is 2. The van der Waals surface area contributed by atoms with Gasteiger partial charge in [0.2, 0.25) is 57.3 Å². The predicted octanol–water partition coefficient (Wildman–Crippen LogP) is 13.4. The number of halogens is 18. The Morgan fingerprint density at radius 3 is 1.09 bits per heavy atom. The number of hydrogen-bond acceptors (Lipinski definition) is 6. The van der Waals surface area contributed by atoms with Gasteiger partial charge in [0.25, 0.3) is 0 Å². The molecule has 0 saturated heterocycles. The van der Waals surface area contributed by atoms with Crippen LogP contribution in [0.1, 0.15) is 5.69 Å². The van der Waals surface area contributed by atoms with E-state index in [-0.39, 0.29) is 0 Å². The summed E-state index contributed by atoms with van der Waals surface area (Å²) in [6, 6.07) is 2.67. The molecule has 0 fully saturated rings. The highest BCUT2D eigenvalue weighted by Gasteiger charge is 2.36. The molecule has 0 aliphatic carbocycles. The zero-order chi connectivity index (χ0) is 48.1. The molecular weight excluding hydrogens is 971 g/mol. The van der Waals surface area contributed by atoms with Crippen LogP contribution in [-0.4, -0.2) is 25.0 Å². The van der Waals surface area contributed by atoms with Crippen LogP contribution in [-0.2, 0) is 0 Å². The van der Waals surface area contributed by atoms with Gasteiger partial charge in [0.05, 0.1) is 54.8 Å². The fourth-order valence-corrected chi connectivity index (χ4v) is 7.68. The summed E-state index contributed by atoms with van der Waals surface area (Å²) in [6.07, 6.45) is 0. The van der Waals surface area contributed by atoms with Crippen LogP contribution in [0.5, 0.6) is 5.88 Å². The number of ether oxygens (including phenoxy) is 1. The Morgan fingerprint density at radius 2 is 0.672 bits per heavy atom. The second kappa shape index (κ2) is 14.6. The highest BCUT2D eigenvalue weighted by Crippen LogP contribution is 2.45. The Bertz CT molecular complexity index is 3930. The van der Waals surface area contributed by atoms with Gasteiger partial charge in [-0.3, -0.25) is 0 Å². The van der Waals surface area contributed by atoms with Gasteiger partial charge >= 0.3 is 0 Å². The number of benzene rings is 4. The van der Waals surface area contributed by atoms with Gasteiger partial charge in [0.15, 0.2) is 81.0 Å². The number of H-pyrrole nitrogens is 2. The SMILES string of the molecule is Fc1c(F)c(F)c(-c2c3nc(c(-c4c(F)c(F)c(F)c(F)c4F)c4ccc([nH]4)c4c(nc5oc6c(F)c(F)c(F)c(F)c6c5c5ccc2[nH]5)oc2c(F)c(F)c(F)c(F)c24)C(=S)O3)c(F)c1F. The summed E-state index contributed by atoms with van der Waals surface area (Å²) in [5.74, 6) is -47.0. The molecule has 0 unspecified atom stereocenters. The van der Waals surface area contributed by atoms with Crippen LogP contribution in [0.2, 0.25) is 0 Å². The lowest BCUT2D eigenvalue weighted by atomic mass is 10.0. The average molecular weight is 977 g/mol. The lowest BCUT2D eigenvalue weighted by molar-refractivity contribution is 0.381. The summed E-state index contributed by atoms with van der Waals surface area (Å²) >= 11 is 5.15. The minimum Gasteiger partial charge on any atom is -0.434 e. The van der Waals surface area contributed by atoms with Gasteiger partial charge in [-0.25, -0.2) is 75.2 Å². The first-order chi connectivity index (χ1) is 31.7. The molecule has 10 rings (SSSR count). The number of thiocarbonyl (C=S) groups is 1. The lowest BCUT2D eigenvalue weighted by Crippen LogP contribution is -2.08. The summed E-state index contributed by atoms with van der Waals surface area (Å²) in [6.45, 7) is 0. The molecule has 9 aromatic rings. The van der Waals surface area contributed by atoms with Crippen molar-refractivity contribution in [2.45, 2.75) is 0 Å². The summed E-state index contributed by atoms with van der Waals surface area (Å²) in [5, 5.41) is -6.14. The van der Waals surface area contributed by atoms with E-state index in [9.17, 15) is 43.9 Å². The van der Waals surface area contributed by atoms with E-state index < -0.39 is 210 Å². The van der Waals surface area contributed by atoms with Crippen molar-refractivity contribution in [1.29, 1.82) is 0 Å². The molecule has 0 radical (unpaired) electrons. The molecular formula is C41H6F18N4O3S. The quantitative estimate of drug-likeness (QED) is 0.0776. The minimum absolute atomic E-state index is 0.638. The maximum Gasteiger partial charge on any atom is 0.232 e. The number of fused-ring (bicyclic) bond motifs is 14. The molecule has 4 aromatic carbocycles. The van der Waals surface area contributed by atoms with E-state index in [2.05, 4.69) is 19.9 Å². The predicted molar refractivity (Wildman–Crippen MR) is 198 cm³/mol. The monoisotopic (exact) mass is 976 g/mol. The zero-order valence-electron chi connectivity index (χ0n) is 31.1. The minimum atomic E-state index is -2.72. The first-order valence-electron chi connectivity index (χ1n) is 17.8. The third kappa shape index (κ3) is 5.80. The van der Waals surface area contributed by atoms with Gasteiger partial charge < -0.3 is 23.5 Å². The normalized spacial score (nSPS) is 12.5.